The number of hydrogen-bond acceptors (Lipinski definition) is 5. The quantitative estimate of drug-likeness (QED) is 0.542. The van der Waals surface area contributed by atoms with E-state index in [0.29, 0.717) is 37.3 Å². The molecule has 8 nitrogen and oxygen atoms in total. The number of hydrogen-bond donors (Lipinski definition) is 3. The van der Waals surface area contributed by atoms with Crippen molar-refractivity contribution in [1.29, 1.82) is 0 Å². The van der Waals surface area contributed by atoms with Crippen LogP contribution in [-0.2, 0) is 4.79 Å². The van der Waals surface area contributed by atoms with Gasteiger partial charge in [-0.05, 0) is 30.7 Å². The summed E-state index contributed by atoms with van der Waals surface area (Å²) in [6.07, 6.45) is 2.87. The smallest absolute Gasteiger partial charge is 0.227 e. The lowest BCUT2D eigenvalue weighted by Gasteiger charge is -2.14. The topological polar surface area (TPSA) is 96.9 Å². The molecule has 0 bridgehead atoms. The SMILES string of the molecule is CN=C(NCCC(=O)Nc1ccc(C)cn1)Nc1ccc2c(c1)OCCCO2. The minimum atomic E-state index is -0.116. The molecule has 8 heteroatoms. The van der Waals surface area contributed by atoms with E-state index in [2.05, 4.69) is 25.9 Å². The number of fused-ring (bicyclic) bond motifs is 1. The third-order valence-electron chi connectivity index (χ3n) is 4.06. The van der Waals surface area contributed by atoms with Gasteiger partial charge in [-0.2, -0.15) is 0 Å². The third-order valence-corrected chi connectivity index (χ3v) is 4.06. The fourth-order valence-corrected chi connectivity index (χ4v) is 2.60. The lowest BCUT2D eigenvalue weighted by Crippen LogP contribution is -2.33. The van der Waals surface area contributed by atoms with E-state index < -0.39 is 0 Å². The van der Waals surface area contributed by atoms with Gasteiger partial charge in [-0.3, -0.25) is 9.79 Å². The molecule has 0 fully saturated rings. The maximum atomic E-state index is 12.0. The van der Waals surface area contributed by atoms with Crippen LogP contribution >= 0.6 is 0 Å². The zero-order chi connectivity index (χ0) is 19.8. The molecule has 2 aromatic rings. The molecule has 28 heavy (non-hydrogen) atoms. The number of aromatic nitrogens is 1. The third kappa shape index (κ3) is 5.60. The van der Waals surface area contributed by atoms with Gasteiger partial charge in [0, 0.05) is 44.4 Å². The van der Waals surface area contributed by atoms with E-state index in [1.807, 2.05) is 31.2 Å². The molecule has 148 valence electrons. The Hall–Kier alpha value is -3.29. The van der Waals surface area contributed by atoms with Crippen molar-refractivity contribution >= 4 is 23.4 Å². The summed E-state index contributed by atoms with van der Waals surface area (Å²) in [6, 6.07) is 9.34. The zero-order valence-electron chi connectivity index (χ0n) is 16.1. The maximum Gasteiger partial charge on any atom is 0.227 e. The highest BCUT2D eigenvalue weighted by molar-refractivity contribution is 5.94. The van der Waals surface area contributed by atoms with Crippen LogP contribution in [0.2, 0.25) is 0 Å². The average molecular weight is 383 g/mol. The number of benzene rings is 1. The molecule has 1 aliphatic heterocycles. The van der Waals surface area contributed by atoms with Crippen molar-refractivity contribution < 1.29 is 14.3 Å². The van der Waals surface area contributed by atoms with E-state index in [1.165, 1.54) is 0 Å². The summed E-state index contributed by atoms with van der Waals surface area (Å²) in [4.78, 5) is 20.4. The van der Waals surface area contributed by atoms with Crippen molar-refractivity contribution in [2.45, 2.75) is 19.8 Å². The number of guanidine groups is 1. The molecule has 3 N–H and O–H groups in total. The number of carbonyl (C=O) groups excluding carboxylic acids is 1. The molecular formula is C20H25N5O3. The predicted octanol–water partition coefficient (Wildman–Crippen LogP) is 2.57. The van der Waals surface area contributed by atoms with Crippen LogP contribution in [0.25, 0.3) is 0 Å². The molecule has 3 rings (SSSR count). The molecule has 1 aromatic heterocycles. The summed E-state index contributed by atoms with van der Waals surface area (Å²) in [7, 11) is 1.68. The summed E-state index contributed by atoms with van der Waals surface area (Å²) in [6.45, 7) is 3.67. The number of carbonyl (C=O) groups is 1. The molecule has 0 atom stereocenters. The van der Waals surface area contributed by atoms with E-state index in [4.69, 9.17) is 9.47 Å². The molecule has 0 saturated heterocycles. The number of pyridine rings is 1. The number of ether oxygens (including phenoxy) is 2. The predicted molar refractivity (Wildman–Crippen MR) is 109 cm³/mol. The van der Waals surface area contributed by atoms with Crippen LogP contribution < -0.4 is 25.4 Å². The van der Waals surface area contributed by atoms with Crippen LogP contribution in [-0.4, -0.2) is 43.7 Å². The van der Waals surface area contributed by atoms with Gasteiger partial charge in [0.25, 0.3) is 0 Å². The standard InChI is InChI=1S/C20H25N5O3/c1-14-4-7-18(23-13-14)25-19(26)8-9-22-20(21-2)24-15-5-6-16-17(12-15)28-11-3-10-27-16/h4-7,12-13H,3,8-11H2,1-2H3,(H2,21,22,24)(H,23,25,26). The molecule has 0 saturated carbocycles. The minimum Gasteiger partial charge on any atom is -0.490 e. The number of anilines is 2. The van der Waals surface area contributed by atoms with Crippen LogP contribution in [0, 0.1) is 6.92 Å². The first-order valence-corrected chi connectivity index (χ1v) is 9.24. The molecule has 1 amide bonds. The second-order valence-corrected chi connectivity index (χ2v) is 6.35. The van der Waals surface area contributed by atoms with Crippen LogP contribution in [0.5, 0.6) is 11.5 Å². The monoisotopic (exact) mass is 383 g/mol. The van der Waals surface area contributed by atoms with Gasteiger partial charge in [-0.1, -0.05) is 6.07 Å². The van der Waals surface area contributed by atoms with Gasteiger partial charge >= 0.3 is 0 Å². The summed E-state index contributed by atoms with van der Waals surface area (Å²) in [5.41, 5.74) is 1.87. The van der Waals surface area contributed by atoms with E-state index in [-0.39, 0.29) is 12.3 Å². The number of aryl methyl sites for hydroxylation is 1. The van der Waals surface area contributed by atoms with Crippen molar-refractivity contribution in [3.63, 3.8) is 0 Å². The Kier molecular flexibility index (Phi) is 6.67. The van der Waals surface area contributed by atoms with E-state index in [9.17, 15) is 4.79 Å². The lowest BCUT2D eigenvalue weighted by molar-refractivity contribution is -0.116. The normalized spacial score (nSPS) is 13.4. The Morgan fingerprint density at radius 2 is 1.96 bits per heavy atom. The summed E-state index contributed by atoms with van der Waals surface area (Å²) >= 11 is 0. The van der Waals surface area contributed by atoms with E-state index >= 15 is 0 Å². The van der Waals surface area contributed by atoms with Gasteiger partial charge in [0.1, 0.15) is 5.82 Å². The number of aliphatic imine (C=N–C) groups is 1. The van der Waals surface area contributed by atoms with E-state index in [0.717, 1.165) is 23.4 Å². The first-order chi connectivity index (χ1) is 13.6. The highest BCUT2D eigenvalue weighted by atomic mass is 16.5. The lowest BCUT2D eigenvalue weighted by atomic mass is 10.2. The Labute approximate surface area is 164 Å². The summed E-state index contributed by atoms with van der Waals surface area (Å²) in [5.74, 6) is 2.45. The van der Waals surface area contributed by atoms with Crippen LogP contribution in [0.15, 0.2) is 41.5 Å². The van der Waals surface area contributed by atoms with Crippen molar-refractivity contribution in [3.05, 3.63) is 42.1 Å². The first-order valence-electron chi connectivity index (χ1n) is 9.24. The Morgan fingerprint density at radius 3 is 2.71 bits per heavy atom. The van der Waals surface area contributed by atoms with Gasteiger partial charge in [-0.25, -0.2) is 4.98 Å². The Bertz CT molecular complexity index is 836. The Balaban J connectivity index is 1.47. The highest BCUT2D eigenvalue weighted by Gasteiger charge is 2.11. The molecule has 1 aromatic carbocycles. The molecule has 0 radical (unpaired) electrons. The maximum absolute atomic E-state index is 12.0. The first kappa shape index (κ1) is 19.5. The van der Waals surface area contributed by atoms with Gasteiger partial charge in [-0.15, -0.1) is 0 Å². The molecule has 0 spiro atoms. The second kappa shape index (κ2) is 9.59. The highest BCUT2D eigenvalue weighted by Crippen LogP contribution is 2.32. The van der Waals surface area contributed by atoms with E-state index in [1.54, 1.807) is 19.3 Å². The number of nitrogens with zero attached hydrogens (tertiary/aromatic N) is 2. The Morgan fingerprint density at radius 1 is 1.14 bits per heavy atom. The number of amides is 1. The number of nitrogens with one attached hydrogen (secondary N) is 3. The zero-order valence-corrected chi connectivity index (χ0v) is 16.1. The van der Waals surface area contributed by atoms with Gasteiger partial charge in [0.2, 0.25) is 5.91 Å². The van der Waals surface area contributed by atoms with Crippen molar-refractivity contribution in [2.75, 3.05) is 37.4 Å². The molecule has 0 unspecified atom stereocenters. The molecular weight excluding hydrogens is 358 g/mol. The fourth-order valence-electron chi connectivity index (χ4n) is 2.60. The molecule has 2 heterocycles. The fraction of sp³-hybridized carbons (Fsp3) is 0.350. The van der Waals surface area contributed by atoms with Gasteiger partial charge in [0.15, 0.2) is 17.5 Å². The second-order valence-electron chi connectivity index (χ2n) is 6.35. The van der Waals surface area contributed by atoms with Gasteiger partial charge < -0.3 is 25.4 Å². The summed E-state index contributed by atoms with van der Waals surface area (Å²) < 4.78 is 11.3. The summed E-state index contributed by atoms with van der Waals surface area (Å²) in [5, 5.41) is 9.08. The van der Waals surface area contributed by atoms with Crippen molar-refractivity contribution in [1.82, 2.24) is 10.3 Å². The van der Waals surface area contributed by atoms with Crippen LogP contribution in [0.1, 0.15) is 18.4 Å². The van der Waals surface area contributed by atoms with Crippen molar-refractivity contribution in [3.8, 4) is 11.5 Å². The van der Waals surface area contributed by atoms with Crippen LogP contribution in [0.3, 0.4) is 0 Å². The largest absolute Gasteiger partial charge is 0.490 e. The van der Waals surface area contributed by atoms with Crippen molar-refractivity contribution in [2.24, 2.45) is 4.99 Å². The minimum absolute atomic E-state index is 0.116. The van der Waals surface area contributed by atoms with Gasteiger partial charge in [0.05, 0.1) is 13.2 Å². The molecule has 1 aliphatic rings. The molecule has 0 aliphatic carbocycles. The van der Waals surface area contributed by atoms with Crippen LogP contribution in [0.4, 0.5) is 11.5 Å². The number of rotatable bonds is 5. The average Bonchev–Trinajstić information content (AvgIpc) is 2.94.